The first-order valence-corrected chi connectivity index (χ1v) is 10.0. The first-order valence-electron chi connectivity index (χ1n) is 7.09. The second-order valence-electron chi connectivity index (χ2n) is 5.68. The van der Waals surface area contributed by atoms with Crippen molar-refractivity contribution >= 4 is 20.0 Å². The van der Waals surface area contributed by atoms with Crippen molar-refractivity contribution < 1.29 is 16.8 Å². The number of rotatable bonds is 4. The molecule has 0 aromatic heterocycles. The van der Waals surface area contributed by atoms with Gasteiger partial charge in [0.25, 0.3) is 0 Å². The topological polar surface area (TPSA) is 95.6 Å². The van der Waals surface area contributed by atoms with Gasteiger partial charge >= 0.3 is 0 Å². The van der Waals surface area contributed by atoms with Crippen LogP contribution in [0.15, 0.2) is 34.1 Å². The minimum Gasteiger partial charge on any atom is -0.316 e. The molecule has 0 bridgehead atoms. The van der Waals surface area contributed by atoms with Crippen molar-refractivity contribution in [3.63, 3.8) is 0 Å². The Morgan fingerprint density at radius 3 is 2.00 bits per heavy atom. The molecule has 9 heteroatoms. The molecule has 0 amide bonds. The molecule has 0 spiro atoms. The molecule has 2 heterocycles. The first-order chi connectivity index (χ1) is 10.3. The summed E-state index contributed by atoms with van der Waals surface area (Å²) in [5.41, 5.74) is 0. The van der Waals surface area contributed by atoms with Gasteiger partial charge in [0.1, 0.15) is 0 Å². The smallest absolute Gasteiger partial charge is 0.243 e. The van der Waals surface area contributed by atoms with Crippen molar-refractivity contribution in [1.82, 2.24) is 14.3 Å². The zero-order chi connectivity index (χ0) is 16.0. The number of nitrogens with zero attached hydrogens (tertiary/aromatic N) is 1. The molecule has 3 rings (SSSR count). The Balaban J connectivity index is 1.84. The van der Waals surface area contributed by atoms with Crippen LogP contribution < -0.4 is 10.0 Å². The molecule has 2 atom stereocenters. The summed E-state index contributed by atoms with van der Waals surface area (Å²) in [7, 11) is -5.80. The van der Waals surface area contributed by atoms with E-state index in [1.54, 1.807) is 0 Å². The van der Waals surface area contributed by atoms with Gasteiger partial charge in [0.05, 0.1) is 9.79 Å². The molecular weight excluding hydrogens is 326 g/mol. The van der Waals surface area contributed by atoms with Crippen LogP contribution in [0, 0.1) is 11.8 Å². The van der Waals surface area contributed by atoms with Gasteiger partial charge < -0.3 is 5.32 Å². The molecule has 2 saturated heterocycles. The van der Waals surface area contributed by atoms with Crippen LogP contribution in [-0.4, -0.2) is 54.4 Å². The van der Waals surface area contributed by atoms with Crippen LogP contribution in [-0.2, 0) is 20.0 Å². The van der Waals surface area contributed by atoms with E-state index >= 15 is 0 Å². The lowest BCUT2D eigenvalue weighted by atomic mass is 10.0. The predicted octanol–water partition coefficient (Wildman–Crippen LogP) is -0.565. The van der Waals surface area contributed by atoms with Gasteiger partial charge in [-0.25, -0.2) is 21.6 Å². The second-order valence-corrected chi connectivity index (χ2v) is 9.50. The fourth-order valence-corrected chi connectivity index (χ4v) is 5.35. The van der Waals surface area contributed by atoms with Gasteiger partial charge in [-0.1, -0.05) is 0 Å². The van der Waals surface area contributed by atoms with Gasteiger partial charge in [-0.2, -0.15) is 4.31 Å². The van der Waals surface area contributed by atoms with Crippen molar-refractivity contribution in [2.24, 2.45) is 11.8 Å². The van der Waals surface area contributed by atoms with Gasteiger partial charge in [-0.05, 0) is 56.2 Å². The van der Waals surface area contributed by atoms with Crippen molar-refractivity contribution in [2.75, 3.05) is 33.2 Å². The number of nitrogens with one attached hydrogen (secondary N) is 2. The van der Waals surface area contributed by atoms with E-state index in [1.165, 1.54) is 35.6 Å². The lowest BCUT2D eigenvalue weighted by Gasteiger charge is -2.17. The SMILES string of the molecule is CNS(=O)(=O)c1ccc(S(=O)(=O)N2C[C@H]3CNC[C@H]3C2)cc1. The van der Waals surface area contributed by atoms with E-state index in [0.29, 0.717) is 24.9 Å². The van der Waals surface area contributed by atoms with Crippen LogP contribution >= 0.6 is 0 Å². The van der Waals surface area contributed by atoms with Crippen molar-refractivity contribution in [3.8, 4) is 0 Å². The summed E-state index contributed by atoms with van der Waals surface area (Å²) in [6.07, 6.45) is 0. The van der Waals surface area contributed by atoms with Crippen LogP contribution in [0.25, 0.3) is 0 Å². The highest BCUT2D eigenvalue weighted by Gasteiger charge is 2.41. The molecule has 1 aromatic rings. The highest BCUT2D eigenvalue weighted by Crippen LogP contribution is 2.30. The average molecular weight is 345 g/mol. The fourth-order valence-electron chi connectivity index (χ4n) is 3.07. The molecule has 2 aliphatic heterocycles. The van der Waals surface area contributed by atoms with E-state index in [4.69, 9.17) is 0 Å². The molecule has 0 radical (unpaired) electrons. The summed E-state index contributed by atoms with van der Waals surface area (Å²) in [5, 5.41) is 3.27. The third kappa shape index (κ3) is 2.67. The summed E-state index contributed by atoms with van der Waals surface area (Å²) in [6, 6.07) is 5.34. The van der Waals surface area contributed by atoms with E-state index in [0.717, 1.165) is 13.1 Å². The van der Waals surface area contributed by atoms with Gasteiger partial charge in [0.2, 0.25) is 20.0 Å². The predicted molar refractivity (Wildman–Crippen MR) is 81.3 cm³/mol. The first kappa shape index (κ1) is 15.9. The van der Waals surface area contributed by atoms with Crippen LogP contribution in [0.2, 0.25) is 0 Å². The molecular formula is C13H19N3O4S2. The molecule has 2 fully saturated rings. The van der Waals surface area contributed by atoms with E-state index in [2.05, 4.69) is 10.0 Å². The monoisotopic (exact) mass is 345 g/mol. The molecule has 122 valence electrons. The number of hydrogen-bond donors (Lipinski definition) is 2. The molecule has 2 aliphatic rings. The largest absolute Gasteiger partial charge is 0.316 e. The zero-order valence-corrected chi connectivity index (χ0v) is 13.8. The number of benzene rings is 1. The molecule has 0 saturated carbocycles. The molecule has 22 heavy (non-hydrogen) atoms. The zero-order valence-electron chi connectivity index (χ0n) is 12.2. The molecule has 0 aliphatic carbocycles. The Morgan fingerprint density at radius 2 is 1.50 bits per heavy atom. The minimum atomic E-state index is -3.56. The van der Waals surface area contributed by atoms with Gasteiger partial charge in [0, 0.05) is 13.1 Å². The summed E-state index contributed by atoms with van der Waals surface area (Å²) in [5.74, 6) is 0.748. The van der Waals surface area contributed by atoms with Crippen molar-refractivity contribution in [3.05, 3.63) is 24.3 Å². The minimum absolute atomic E-state index is 0.0523. The normalized spacial score (nSPS) is 26.2. The Labute approximate surface area is 130 Å². The van der Waals surface area contributed by atoms with Crippen LogP contribution in [0.4, 0.5) is 0 Å². The summed E-state index contributed by atoms with van der Waals surface area (Å²) in [4.78, 5) is 0.187. The highest BCUT2D eigenvalue weighted by molar-refractivity contribution is 7.89. The van der Waals surface area contributed by atoms with Crippen LogP contribution in [0.1, 0.15) is 0 Å². The Morgan fingerprint density at radius 1 is 1.00 bits per heavy atom. The maximum atomic E-state index is 12.6. The van der Waals surface area contributed by atoms with E-state index in [9.17, 15) is 16.8 Å². The lowest BCUT2D eigenvalue weighted by Crippen LogP contribution is -2.32. The Hall–Kier alpha value is -1.00. The molecule has 2 N–H and O–H groups in total. The Bertz CT molecular complexity index is 747. The van der Waals surface area contributed by atoms with Gasteiger partial charge in [-0.3, -0.25) is 0 Å². The second kappa shape index (κ2) is 5.57. The van der Waals surface area contributed by atoms with E-state index < -0.39 is 20.0 Å². The molecule has 0 unspecified atom stereocenters. The highest BCUT2D eigenvalue weighted by atomic mass is 32.2. The standard InChI is InChI=1S/C13H19N3O4S2/c1-14-21(17,18)12-2-4-13(5-3-12)22(19,20)16-8-10-6-15-7-11(10)9-16/h2-5,10-11,14-15H,6-9H2,1H3/t10-,11+. The Kier molecular flexibility index (Phi) is 4.02. The number of sulfonamides is 2. The third-order valence-electron chi connectivity index (χ3n) is 4.40. The van der Waals surface area contributed by atoms with Gasteiger partial charge in [0.15, 0.2) is 0 Å². The summed E-state index contributed by atoms with van der Waals surface area (Å²) < 4.78 is 52.3. The average Bonchev–Trinajstić information content (AvgIpc) is 3.09. The summed E-state index contributed by atoms with van der Waals surface area (Å²) in [6.45, 7) is 2.76. The van der Waals surface area contributed by atoms with Crippen molar-refractivity contribution in [1.29, 1.82) is 0 Å². The molecule has 1 aromatic carbocycles. The van der Waals surface area contributed by atoms with Gasteiger partial charge in [-0.15, -0.1) is 0 Å². The number of fused-ring (bicyclic) bond motifs is 1. The van der Waals surface area contributed by atoms with E-state index in [1.807, 2.05) is 0 Å². The lowest BCUT2D eigenvalue weighted by molar-refractivity contribution is 0.448. The van der Waals surface area contributed by atoms with Crippen LogP contribution in [0.3, 0.4) is 0 Å². The quantitative estimate of drug-likeness (QED) is 0.762. The molecule has 7 nitrogen and oxygen atoms in total. The summed E-state index contributed by atoms with van der Waals surface area (Å²) >= 11 is 0. The fraction of sp³-hybridized carbons (Fsp3) is 0.538. The maximum Gasteiger partial charge on any atom is 0.243 e. The van der Waals surface area contributed by atoms with E-state index in [-0.39, 0.29) is 9.79 Å². The van der Waals surface area contributed by atoms with Crippen molar-refractivity contribution in [2.45, 2.75) is 9.79 Å². The number of hydrogen-bond acceptors (Lipinski definition) is 5. The van der Waals surface area contributed by atoms with Crippen LogP contribution in [0.5, 0.6) is 0 Å². The third-order valence-corrected chi connectivity index (χ3v) is 7.67. The maximum absolute atomic E-state index is 12.6.